The molecule has 1 aromatic carbocycles. The number of halogens is 2. The molecule has 0 amide bonds. The number of hydrogen-bond acceptors (Lipinski definition) is 3. The standard InChI is InChI=1S/C11H11ClFNO4S/c1-2-3-9(11(15)16)14-19(17,18)10-5-4-7(13)6-8(10)12/h2,4-6,9,14H,1,3H2,(H,15,16). The molecule has 104 valence electrons. The van der Waals surface area contributed by atoms with E-state index in [1.54, 1.807) is 0 Å². The van der Waals surface area contributed by atoms with E-state index in [-0.39, 0.29) is 16.3 Å². The van der Waals surface area contributed by atoms with Crippen LogP contribution in [0.2, 0.25) is 5.02 Å². The van der Waals surface area contributed by atoms with Crippen LogP contribution in [-0.4, -0.2) is 25.5 Å². The summed E-state index contributed by atoms with van der Waals surface area (Å²) in [6.45, 7) is 3.34. The number of carboxylic acids is 1. The van der Waals surface area contributed by atoms with Gasteiger partial charge in [-0.1, -0.05) is 17.7 Å². The third kappa shape index (κ3) is 4.02. The second-order valence-corrected chi connectivity index (χ2v) is 5.70. The number of aliphatic carboxylic acids is 1. The van der Waals surface area contributed by atoms with Crippen molar-refractivity contribution in [1.29, 1.82) is 0 Å². The van der Waals surface area contributed by atoms with Crippen LogP contribution >= 0.6 is 11.6 Å². The summed E-state index contributed by atoms with van der Waals surface area (Å²) in [7, 11) is -4.15. The normalized spacial score (nSPS) is 12.9. The van der Waals surface area contributed by atoms with Gasteiger partial charge in [-0.05, 0) is 24.6 Å². The van der Waals surface area contributed by atoms with Crippen LogP contribution in [0.4, 0.5) is 4.39 Å². The van der Waals surface area contributed by atoms with Crippen molar-refractivity contribution < 1.29 is 22.7 Å². The highest BCUT2D eigenvalue weighted by molar-refractivity contribution is 7.89. The third-order valence-corrected chi connectivity index (χ3v) is 4.14. The maximum absolute atomic E-state index is 12.8. The lowest BCUT2D eigenvalue weighted by molar-refractivity contribution is -0.138. The van der Waals surface area contributed by atoms with Crippen molar-refractivity contribution in [2.75, 3.05) is 0 Å². The van der Waals surface area contributed by atoms with Gasteiger partial charge in [0.1, 0.15) is 16.8 Å². The van der Waals surface area contributed by atoms with Gasteiger partial charge in [0.25, 0.3) is 0 Å². The van der Waals surface area contributed by atoms with E-state index in [1.807, 2.05) is 4.72 Å². The second-order valence-electron chi connectivity index (χ2n) is 3.61. The van der Waals surface area contributed by atoms with Gasteiger partial charge in [0.15, 0.2) is 0 Å². The van der Waals surface area contributed by atoms with E-state index in [4.69, 9.17) is 16.7 Å². The summed E-state index contributed by atoms with van der Waals surface area (Å²) in [5, 5.41) is 8.54. The van der Waals surface area contributed by atoms with Gasteiger partial charge in [-0.15, -0.1) is 6.58 Å². The molecular formula is C11H11ClFNO4S. The van der Waals surface area contributed by atoms with Crippen LogP contribution in [0.15, 0.2) is 35.7 Å². The zero-order valence-corrected chi connectivity index (χ0v) is 11.2. The molecule has 0 aliphatic heterocycles. The third-order valence-electron chi connectivity index (χ3n) is 2.18. The van der Waals surface area contributed by atoms with Crippen LogP contribution in [-0.2, 0) is 14.8 Å². The number of rotatable bonds is 6. The Hall–Kier alpha value is -1.44. The summed E-state index contributed by atoms with van der Waals surface area (Å²) in [5.74, 6) is -2.04. The summed E-state index contributed by atoms with van der Waals surface area (Å²) in [4.78, 5) is 10.5. The monoisotopic (exact) mass is 307 g/mol. The van der Waals surface area contributed by atoms with Crippen molar-refractivity contribution in [3.63, 3.8) is 0 Å². The van der Waals surface area contributed by atoms with Gasteiger partial charge in [-0.25, -0.2) is 12.8 Å². The Balaban J connectivity index is 3.09. The molecule has 1 unspecified atom stereocenters. The first-order valence-electron chi connectivity index (χ1n) is 5.09. The molecule has 2 N–H and O–H groups in total. The van der Waals surface area contributed by atoms with Crippen molar-refractivity contribution in [3.8, 4) is 0 Å². The molecule has 0 aliphatic rings. The predicted molar refractivity (Wildman–Crippen MR) is 68.0 cm³/mol. The van der Waals surface area contributed by atoms with E-state index < -0.39 is 27.9 Å². The SMILES string of the molecule is C=CCC(NS(=O)(=O)c1ccc(F)cc1Cl)C(=O)O. The average Bonchev–Trinajstić information content (AvgIpc) is 2.27. The Kier molecular flexibility index (Phi) is 5.04. The average molecular weight is 308 g/mol. The number of nitrogens with one attached hydrogen (secondary N) is 1. The van der Waals surface area contributed by atoms with Crippen LogP contribution in [0.1, 0.15) is 6.42 Å². The smallest absolute Gasteiger partial charge is 0.322 e. The van der Waals surface area contributed by atoms with Crippen LogP contribution in [0, 0.1) is 5.82 Å². The molecule has 0 heterocycles. The maximum Gasteiger partial charge on any atom is 0.322 e. The summed E-state index contributed by atoms with van der Waals surface area (Å²) in [5.41, 5.74) is 0. The Morgan fingerprint density at radius 1 is 1.58 bits per heavy atom. The molecule has 8 heteroatoms. The van der Waals surface area contributed by atoms with E-state index >= 15 is 0 Å². The van der Waals surface area contributed by atoms with Crippen molar-refractivity contribution in [3.05, 3.63) is 41.7 Å². The molecule has 0 saturated carbocycles. The molecule has 19 heavy (non-hydrogen) atoms. The van der Waals surface area contributed by atoms with Crippen LogP contribution in [0.3, 0.4) is 0 Å². The maximum atomic E-state index is 12.8. The highest BCUT2D eigenvalue weighted by atomic mass is 35.5. The molecule has 5 nitrogen and oxygen atoms in total. The number of hydrogen-bond donors (Lipinski definition) is 2. The summed E-state index contributed by atoms with van der Waals surface area (Å²) >= 11 is 5.63. The molecule has 0 bridgehead atoms. The van der Waals surface area contributed by atoms with Crippen molar-refractivity contribution >= 4 is 27.6 Å². The zero-order chi connectivity index (χ0) is 14.6. The fourth-order valence-electron chi connectivity index (χ4n) is 1.31. The Morgan fingerprint density at radius 2 is 2.21 bits per heavy atom. The molecule has 0 saturated heterocycles. The minimum absolute atomic E-state index is 0.0899. The van der Waals surface area contributed by atoms with E-state index in [0.717, 1.165) is 18.2 Å². The molecule has 0 spiro atoms. The van der Waals surface area contributed by atoms with Crippen molar-refractivity contribution in [1.82, 2.24) is 4.72 Å². The largest absolute Gasteiger partial charge is 0.480 e. The lowest BCUT2D eigenvalue weighted by Gasteiger charge is -2.13. The topological polar surface area (TPSA) is 83.5 Å². The highest BCUT2D eigenvalue weighted by Gasteiger charge is 2.26. The quantitative estimate of drug-likeness (QED) is 0.785. The first-order valence-corrected chi connectivity index (χ1v) is 6.95. The first kappa shape index (κ1) is 15.6. The van der Waals surface area contributed by atoms with Gasteiger partial charge in [-0.2, -0.15) is 4.72 Å². The molecule has 1 rings (SSSR count). The van der Waals surface area contributed by atoms with Crippen LogP contribution in [0.25, 0.3) is 0 Å². The Bertz CT molecular complexity index is 603. The van der Waals surface area contributed by atoms with Gasteiger partial charge in [0.2, 0.25) is 10.0 Å². The number of benzene rings is 1. The molecule has 0 aromatic heterocycles. The van der Waals surface area contributed by atoms with Crippen molar-refractivity contribution in [2.45, 2.75) is 17.4 Å². The van der Waals surface area contributed by atoms with Crippen molar-refractivity contribution in [2.24, 2.45) is 0 Å². The van der Waals surface area contributed by atoms with Crippen LogP contribution in [0.5, 0.6) is 0 Å². The Morgan fingerprint density at radius 3 is 2.68 bits per heavy atom. The minimum Gasteiger partial charge on any atom is -0.480 e. The van der Waals surface area contributed by atoms with E-state index in [1.165, 1.54) is 6.08 Å². The molecule has 0 radical (unpaired) electrons. The molecular weight excluding hydrogens is 297 g/mol. The zero-order valence-electron chi connectivity index (χ0n) is 9.64. The van der Waals surface area contributed by atoms with E-state index in [9.17, 15) is 17.6 Å². The number of carboxylic acid groups (broad SMARTS) is 1. The summed E-state index contributed by atoms with van der Waals surface area (Å²) in [6.07, 6.45) is 1.18. The number of sulfonamides is 1. The van der Waals surface area contributed by atoms with Gasteiger partial charge >= 0.3 is 5.97 Å². The minimum atomic E-state index is -4.15. The van der Waals surface area contributed by atoms with Gasteiger partial charge in [-0.3, -0.25) is 4.79 Å². The van der Waals surface area contributed by atoms with Gasteiger partial charge in [0, 0.05) is 0 Å². The highest BCUT2D eigenvalue weighted by Crippen LogP contribution is 2.22. The lowest BCUT2D eigenvalue weighted by Crippen LogP contribution is -2.40. The summed E-state index contributed by atoms with van der Waals surface area (Å²) < 4.78 is 38.7. The van der Waals surface area contributed by atoms with Gasteiger partial charge < -0.3 is 5.11 Å². The van der Waals surface area contributed by atoms with Crippen LogP contribution < -0.4 is 4.72 Å². The summed E-state index contributed by atoms with van der Waals surface area (Å²) in [6, 6.07) is 1.36. The first-order chi connectivity index (χ1) is 8.77. The number of carbonyl (C=O) groups is 1. The fraction of sp³-hybridized carbons (Fsp3) is 0.182. The van der Waals surface area contributed by atoms with E-state index in [0.29, 0.717) is 0 Å². The molecule has 0 fully saturated rings. The second kappa shape index (κ2) is 6.14. The Labute approximate surface area is 114 Å². The van der Waals surface area contributed by atoms with E-state index in [2.05, 4.69) is 6.58 Å². The predicted octanol–water partition coefficient (Wildman–Crippen LogP) is 1.79. The fourth-order valence-corrected chi connectivity index (χ4v) is 3.04. The lowest BCUT2D eigenvalue weighted by atomic mass is 10.2. The molecule has 1 atom stereocenters. The van der Waals surface area contributed by atoms with Gasteiger partial charge in [0.05, 0.1) is 5.02 Å². The molecule has 0 aliphatic carbocycles. The molecule has 1 aromatic rings.